The molecule has 0 heterocycles. The van der Waals surface area contributed by atoms with Gasteiger partial charge in [0.05, 0.1) is 0 Å². The smallest absolute Gasteiger partial charge is 0.223 e. The maximum atomic E-state index is 12.1. The predicted molar refractivity (Wildman–Crippen MR) is 71.9 cm³/mol. The fraction of sp³-hybridized carbons (Fsp3) is 0.929. The molecule has 5 atom stereocenters. The minimum atomic E-state index is 0.354. The first-order chi connectivity index (χ1) is 8.22. The summed E-state index contributed by atoms with van der Waals surface area (Å²) in [6.45, 7) is 3.01. The third-order valence-electron chi connectivity index (χ3n) is 5.24. The molecule has 0 spiro atoms. The lowest BCUT2D eigenvalue weighted by Gasteiger charge is -2.11. The van der Waals surface area contributed by atoms with Crippen LogP contribution in [0, 0.1) is 29.6 Å². The van der Waals surface area contributed by atoms with Gasteiger partial charge in [0, 0.05) is 17.3 Å². The van der Waals surface area contributed by atoms with Crippen LogP contribution in [-0.2, 0) is 4.79 Å². The van der Waals surface area contributed by atoms with E-state index in [1.54, 1.807) is 0 Å². The Morgan fingerprint density at radius 3 is 2.59 bits per heavy atom. The van der Waals surface area contributed by atoms with Crippen LogP contribution in [0.4, 0.5) is 0 Å². The van der Waals surface area contributed by atoms with Crippen molar-refractivity contribution in [1.29, 1.82) is 0 Å². The molecule has 3 aliphatic carbocycles. The first kappa shape index (κ1) is 12.0. The standard InChI is InChI=1S/C14H22BrNO/c1-2-10(15)5-6-16-14(17)13-11-8-3-4-9(7-8)12(11)13/h8-13H,2-7H2,1H3,(H,16,17). The normalized spacial score (nSPS) is 43.3. The van der Waals surface area contributed by atoms with Gasteiger partial charge in [0.2, 0.25) is 5.91 Å². The van der Waals surface area contributed by atoms with Crippen LogP contribution in [-0.4, -0.2) is 17.3 Å². The molecule has 0 aromatic heterocycles. The van der Waals surface area contributed by atoms with Crippen LogP contribution in [0.5, 0.6) is 0 Å². The Hall–Kier alpha value is -0.0500. The van der Waals surface area contributed by atoms with Gasteiger partial charge in [-0.25, -0.2) is 0 Å². The lowest BCUT2D eigenvalue weighted by Crippen LogP contribution is -2.29. The molecule has 3 aliphatic rings. The van der Waals surface area contributed by atoms with Crippen molar-refractivity contribution in [3.05, 3.63) is 0 Å². The first-order valence-electron chi connectivity index (χ1n) is 7.14. The summed E-state index contributed by atoms with van der Waals surface area (Å²) in [6.07, 6.45) is 6.41. The number of amides is 1. The Kier molecular flexibility index (Phi) is 3.22. The summed E-state index contributed by atoms with van der Waals surface area (Å²) in [5.41, 5.74) is 0. The molecule has 3 fully saturated rings. The second-order valence-corrected chi connectivity index (χ2v) is 7.39. The molecule has 5 unspecified atom stereocenters. The second-order valence-electron chi connectivity index (χ2n) is 6.10. The zero-order chi connectivity index (χ0) is 12.0. The quantitative estimate of drug-likeness (QED) is 0.777. The van der Waals surface area contributed by atoms with Crippen LogP contribution in [0.1, 0.15) is 39.0 Å². The molecule has 2 bridgehead atoms. The van der Waals surface area contributed by atoms with E-state index in [-0.39, 0.29) is 0 Å². The van der Waals surface area contributed by atoms with Gasteiger partial charge in [-0.05, 0) is 55.8 Å². The van der Waals surface area contributed by atoms with Crippen molar-refractivity contribution in [2.24, 2.45) is 29.6 Å². The van der Waals surface area contributed by atoms with E-state index in [9.17, 15) is 4.79 Å². The van der Waals surface area contributed by atoms with E-state index in [1.165, 1.54) is 19.3 Å². The van der Waals surface area contributed by atoms with Crippen molar-refractivity contribution in [3.63, 3.8) is 0 Å². The van der Waals surface area contributed by atoms with Crippen molar-refractivity contribution in [3.8, 4) is 0 Å². The van der Waals surface area contributed by atoms with Crippen LogP contribution < -0.4 is 5.32 Å². The molecule has 1 amide bonds. The van der Waals surface area contributed by atoms with Crippen LogP contribution in [0.25, 0.3) is 0 Å². The van der Waals surface area contributed by atoms with E-state index in [1.807, 2.05) is 0 Å². The van der Waals surface area contributed by atoms with Gasteiger partial charge in [-0.2, -0.15) is 0 Å². The zero-order valence-corrected chi connectivity index (χ0v) is 12.1. The van der Waals surface area contributed by atoms with Crippen LogP contribution >= 0.6 is 15.9 Å². The van der Waals surface area contributed by atoms with Gasteiger partial charge in [-0.15, -0.1) is 0 Å². The van der Waals surface area contributed by atoms with Crippen molar-refractivity contribution in [1.82, 2.24) is 5.32 Å². The van der Waals surface area contributed by atoms with Crippen molar-refractivity contribution < 1.29 is 4.79 Å². The van der Waals surface area contributed by atoms with Crippen molar-refractivity contribution in [2.75, 3.05) is 6.54 Å². The van der Waals surface area contributed by atoms with Crippen LogP contribution in [0.3, 0.4) is 0 Å². The number of rotatable bonds is 5. The Balaban J connectivity index is 1.43. The van der Waals surface area contributed by atoms with Gasteiger partial charge in [-0.3, -0.25) is 4.79 Å². The summed E-state index contributed by atoms with van der Waals surface area (Å²) in [5.74, 6) is 4.11. The van der Waals surface area contributed by atoms with Crippen molar-refractivity contribution in [2.45, 2.75) is 43.9 Å². The lowest BCUT2D eigenvalue weighted by molar-refractivity contribution is -0.123. The predicted octanol–water partition coefficient (Wildman–Crippen LogP) is 2.96. The highest BCUT2D eigenvalue weighted by atomic mass is 79.9. The van der Waals surface area contributed by atoms with Crippen LogP contribution in [0.15, 0.2) is 0 Å². The summed E-state index contributed by atoms with van der Waals surface area (Å²) < 4.78 is 0. The number of alkyl halides is 1. The molecule has 96 valence electrons. The maximum absolute atomic E-state index is 12.1. The van der Waals surface area contributed by atoms with Gasteiger partial charge < -0.3 is 5.32 Å². The number of fused-ring (bicyclic) bond motifs is 5. The number of nitrogens with one attached hydrogen (secondary N) is 1. The fourth-order valence-corrected chi connectivity index (χ4v) is 4.58. The van der Waals surface area contributed by atoms with E-state index in [0.29, 0.717) is 16.7 Å². The molecule has 3 rings (SSSR count). The average molecular weight is 300 g/mol. The first-order valence-corrected chi connectivity index (χ1v) is 8.05. The molecule has 2 nitrogen and oxygen atoms in total. The van der Waals surface area contributed by atoms with Crippen molar-refractivity contribution >= 4 is 21.8 Å². The average Bonchev–Trinajstić information content (AvgIpc) is 2.78. The minimum absolute atomic E-state index is 0.354. The molecule has 17 heavy (non-hydrogen) atoms. The second kappa shape index (κ2) is 4.56. The molecule has 0 aromatic carbocycles. The Bertz CT molecular complexity index is 303. The zero-order valence-electron chi connectivity index (χ0n) is 10.5. The molecular weight excluding hydrogens is 278 g/mol. The topological polar surface area (TPSA) is 29.1 Å². The highest BCUT2D eigenvalue weighted by Gasteiger charge is 2.67. The lowest BCUT2D eigenvalue weighted by atomic mass is 10.0. The number of carbonyl (C=O) groups is 1. The summed E-state index contributed by atoms with van der Waals surface area (Å²) in [5, 5.41) is 3.14. The molecule has 0 aromatic rings. The number of halogens is 1. The summed E-state index contributed by atoms with van der Waals surface area (Å²) in [7, 11) is 0. The molecule has 3 heteroatoms. The van der Waals surface area contributed by atoms with Gasteiger partial charge in [0.15, 0.2) is 0 Å². The monoisotopic (exact) mass is 299 g/mol. The molecule has 1 N–H and O–H groups in total. The van der Waals surface area contributed by atoms with E-state index < -0.39 is 0 Å². The summed E-state index contributed by atoms with van der Waals surface area (Å²) in [4.78, 5) is 12.6. The van der Waals surface area contributed by atoms with Gasteiger partial charge in [-0.1, -0.05) is 22.9 Å². The Labute approximate surface area is 112 Å². The van der Waals surface area contributed by atoms with E-state index in [0.717, 1.165) is 43.1 Å². The molecule has 3 saturated carbocycles. The highest BCUT2D eigenvalue weighted by Crippen LogP contribution is 2.69. The third kappa shape index (κ3) is 2.05. The fourth-order valence-electron chi connectivity index (χ4n) is 4.35. The largest absolute Gasteiger partial charge is 0.356 e. The Morgan fingerprint density at radius 2 is 2.00 bits per heavy atom. The summed E-state index contributed by atoms with van der Waals surface area (Å²) >= 11 is 3.61. The minimum Gasteiger partial charge on any atom is -0.356 e. The molecular formula is C14H22BrNO. The molecule has 0 radical (unpaired) electrons. The number of hydrogen-bond donors (Lipinski definition) is 1. The molecule has 0 saturated heterocycles. The molecule has 0 aliphatic heterocycles. The number of hydrogen-bond acceptors (Lipinski definition) is 1. The third-order valence-corrected chi connectivity index (χ3v) is 6.34. The van der Waals surface area contributed by atoms with E-state index in [2.05, 4.69) is 28.2 Å². The summed E-state index contributed by atoms with van der Waals surface area (Å²) in [6, 6.07) is 0. The maximum Gasteiger partial charge on any atom is 0.223 e. The SMILES string of the molecule is CCC(Br)CCNC(=O)C1C2C3CCC(C3)C12. The van der Waals surface area contributed by atoms with Gasteiger partial charge in [0.25, 0.3) is 0 Å². The van der Waals surface area contributed by atoms with E-state index in [4.69, 9.17) is 0 Å². The number of carbonyl (C=O) groups excluding carboxylic acids is 1. The van der Waals surface area contributed by atoms with Crippen LogP contribution in [0.2, 0.25) is 0 Å². The highest BCUT2D eigenvalue weighted by molar-refractivity contribution is 9.09. The van der Waals surface area contributed by atoms with Gasteiger partial charge in [0.1, 0.15) is 0 Å². The van der Waals surface area contributed by atoms with E-state index >= 15 is 0 Å². The Morgan fingerprint density at radius 1 is 1.35 bits per heavy atom. The van der Waals surface area contributed by atoms with Gasteiger partial charge >= 0.3 is 0 Å².